The molecule has 10 nitrogen and oxygen atoms in total. The molecule has 5 rings (SSSR count). The Labute approximate surface area is 233 Å². The zero-order valence-electron chi connectivity index (χ0n) is 23.3. The molecule has 0 atom stereocenters. The third-order valence-electron chi connectivity index (χ3n) is 7.13. The minimum Gasteiger partial charge on any atom is -0.493 e. The van der Waals surface area contributed by atoms with Gasteiger partial charge in [0.25, 0.3) is 11.8 Å². The highest BCUT2D eigenvalue weighted by Crippen LogP contribution is 2.28. The standard InChI is InChI=1S/C30H34N6O4/c1-20-17-21(2)31-27(18-20)33-29(37)28-32-23-7-5-6-8-24(23)36(28)16-13-34-11-14-35(15-12-34)30(38)22-9-10-25(39-3)26(19-22)40-4/h5-10,17-19H,11-16H2,1-4H3,(H,31,33,37). The van der Waals surface area contributed by atoms with Crippen molar-refractivity contribution in [3.8, 4) is 11.5 Å². The van der Waals surface area contributed by atoms with Crippen LogP contribution in [-0.4, -0.2) is 83.1 Å². The van der Waals surface area contributed by atoms with Gasteiger partial charge in [-0.1, -0.05) is 12.1 Å². The molecule has 0 bridgehead atoms. The Morgan fingerprint density at radius 1 is 0.875 bits per heavy atom. The number of nitrogens with zero attached hydrogens (tertiary/aromatic N) is 5. The molecule has 0 spiro atoms. The van der Waals surface area contributed by atoms with E-state index in [4.69, 9.17) is 9.47 Å². The van der Waals surface area contributed by atoms with E-state index in [1.54, 1.807) is 32.4 Å². The highest BCUT2D eigenvalue weighted by atomic mass is 16.5. The molecule has 0 unspecified atom stereocenters. The van der Waals surface area contributed by atoms with E-state index >= 15 is 0 Å². The first kappa shape index (κ1) is 27.1. The number of imidazole rings is 1. The zero-order valence-corrected chi connectivity index (χ0v) is 23.3. The summed E-state index contributed by atoms with van der Waals surface area (Å²) in [7, 11) is 3.13. The predicted molar refractivity (Wildman–Crippen MR) is 153 cm³/mol. The van der Waals surface area contributed by atoms with Crippen molar-refractivity contribution in [1.29, 1.82) is 0 Å². The number of carbonyl (C=O) groups excluding carboxylic acids is 2. The number of nitrogens with one attached hydrogen (secondary N) is 1. The Morgan fingerprint density at radius 3 is 2.35 bits per heavy atom. The molecule has 0 aliphatic carbocycles. The van der Waals surface area contributed by atoms with Crippen LogP contribution in [0.25, 0.3) is 11.0 Å². The maximum Gasteiger partial charge on any atom is 0.292 e. The molecule has 0 saturated carbocycles. The number of rotatable bonds is 8. The highest BCUT2D eigenvalue weighted by Gasteiger charge is 2.24. The molecule has 40 heavy (non-hydrogen) atoms. The molecule has 2 aromatic heterocycles. The molecule has 10 heteroatoms. The van der Waals surface area contributed by atoms with Gasteiger partial charge in [-0.15, -0.1) is 0 Å². The zero-order chi connectivity index (χ0) is 28.2. The smallest absolute Gasteiger partial charge is 0.292 e. The molecule has 3 heterocycles. The summed E-state index contributed by atoms with van der Waals surface area (Å²) in [6, 6.07) is 16.8. The van der Waals surface area contributed by atoms with Crippen LogP contribution in [0.2, 0.25) is 0 Å². The first-order valence-corrected chi connectivity index (χ1v) is 13.3. The fourth-order valence-electron chi connectivity index (χ4n) is 5.12. The van der Waals surface area contributed by atoms with E-state index < -0.39 is 0 Å². The van der Waals surface area contributed by atoms with Gasteiger partial charge in [-0.3, -0.25) is 14.5 Å². The van der Waals surface area contributed by atoms with Crippen LogP contribution in [0.5, 0.6) is 11.5 Å². The van der Waals surface area contributed by atoms with E-state index in [0.717, 1.165) is 41.9 Å². The highest BCUT2D eigenvalue weighted by molar-refractivity contribution is 6.03. The van der Waals surface area contributed by atoms with Crippen molar-refractivity contribution < 1.29 is 19.1 Å². The van der Waals surface area contributed by atoms with Crippen LogP contribution in [0.4, 0.5) is 5.82 Å². The topological polar surface area (TPSA) is 102 Å². The Kier molecular flexibility index (Phi) is 7.97. The van der Waals surface area contributed by atoms with Gasteiger partial charge in [-0.2, -0.15) is 0 Å². The Morgan fingerprint density at radius 2 is 1.62 bits per heavy atom. The van der Waals surface area contributed by atoms with Gasteiger partial charge in [-0.05, 0) is 61.9 Å². The van der Waals surface area contributed by atoms with Gasteiger partial charge in [0.2, 0.25) is 0 Å². The summed E-state index contributed by atoms with van der Waals surface area (Å²) in [4.78, 5) is 39.7. The maximum absolute atomic E-state index is 13.3. The van der Waals surface area contributed by atoms with E-state index in [2.05, 4.69) is 20.2 Å². The van der Waals surface area contributed by atoms with Crippen molar-refractivity contribution in [2.45, 2.75) is 20.4 Å². The van der Waals surface area contributed by atoms with E-state index in [-0.39, 0.29) is 11.8 Å². The number of aromatic nitrogens is 3. The first-order valence-electron chi connectivity index (χ1n) is 13.3. The van der Waals surface area contributed by atoms with Crippen LogP contribution in [0.1, 0.15) is 32.2 Å². The quantitative estimate of drug-likeness (QED) is 0.362. The minimum absolute atomic E-state index is 0.0276. The summed E-state index contributed by atoms with van der Waals surface area (Å²) in [5.74, 6) is 1.67. The number of ether oxygens (including phenoxy) is 2. The fraction of sp³-hybridized carbons (Fsp3) is 0.333. The lowest BCUT2D eigenvalue weighted by atomic mass is 10.1. The molecular weight excluding hydrogens is 508 g/mol. The molecule has 2 amide bonds. The number of benzene rings is 2. The third-order valence-corrected chi connectivity index (χ3v) is 7.13. The molecule has 1 fully saturated rings. The summed E-state index contributed by atoms with van der Waals surface area (Å²) in [5, 5.41) is 2.92. The number of carbonyl (C=O) groups is 2. The number of methoxy groups -OCH3 is 2. The second kappa shape index (κ2) is 11.7. The number of hydrogen-bond acceptors (Lipinski definition) is 7. The molecule has 4 aromatic rings. The van der Waals surface area contributed by atoms with E-state index in [9.17, 15) is 9.59 Å². The third kappa shape index (κ3) is 5.76. The monoisotopic (exact) mass is 542 g/mol. The van der Waals surface area contributed by atoms with Gasteiger partial charge in [-0.25, -0.2) is 9.97 Å². The Bertz CT molecular complexity index is 1520. The fourth-order valence-corrected chi connectivity index (χ4v) is 5.12. The lowest BCUT2D eigenvalue weighted by Gasteiger charge is -2.35. The SMILES string of the molecule is COc1ccc(C(=O)N2CCN(CCn3c(C(=O)Nc4cc(C)cc(C)n4)nc4ccccc43)CC2)cc1OC. The number of pyridine rings is 1. The lowest BCUT2D eigenvalue weighted by Crippen LogP contribution is -2.49. The number of amides is 2. The lowest BCUT2D eigenvalue weighted by molar-refractivity contribution is 0.0632. The second-order valence-corrected chi connectivity index (χ2v) is 9.90. The summed E-state index contributed by atoms with van der Waals surface area (Å²) in [5.41, 5.74) is 4.12. The van der Waals surface area contributed by atoms with Gasteiger partial charge in [0, 0.05) is 50.5 Å². The largest absolute Gasteiger partial charge is 0.493 e. The average Bonchev–Trinajstić information content (AvgIpc) is 3.34. The van der Waals surface area contributed by atoms with Crippen molar-refractivity contribution in [3.63, 3.8) is 0 Å². The molecule has 1 N–H and O–H groups in total. The van der Waals surface area contributed by atoms with E-state index in [0.29, 0.717) is 48.3 Å². The van der Waals surface area contributed by atoms with Crippen molar-refractivity contribution in [1.82, 2.24) is 24.3 Å². The number of para-hydroxylation sites is 2. The molecule has 0 radical (unpaired) electrons. The van der Waals surface area contributed by atoms with Crippen molar-refractivity contribution >= 4 is 28.7 Å². The van der Waals surface area contributed by atoms with Crippen LogP contribution in [0, 0.1) is 13.8 Å². The van der Waals surface area contributed by atoms with Crippen LogP contribution in [-0.2, 0) is 6.54 Å². The molecular formula is C30H34N6O4. The summed E-state index contributed by atoms with van der Waals surface area (Å²) >= 11 is 0. The normalized spacial score (nSPS) is 13.8. The van der Waals surface area contributed by atoms with Crippen LogP contribution in [0.15, 0.2) is 54.6 Å². The molecule has 2 aromatic carbocycles. The van der Waals surface area contributed by atoms with Crippen LogP contribution >= 0.6 is 0 Å². The number of fused-ring (bicyclic) bond motifs is 1. The molecule has 1 aliphatic rings. The van der Waals surface area contributed by atoms with E-state index in [1.165, 1.54) is 0 Å². The maximum atomic E-state index is 13.3. The molecule has 208 valence electrons. The second-order valence-electron chi connectivity index (χ2n) is 9.90. The summed E-state index contributed by atoms with van der Waals surface area (Å²) in [6.07, 6.45) is 0. The molecule has 1 saturated heterocycles. The van der Waals surface area contributed by atoms with Crippen molar-refractivity contribution in [2.24, 2.45) is 0 Å². The average molecular weight is 543 g/mol. The number of piperazine rings is 1. The van der Waals surface area contributed by atoms with Gasteiger partial charge in [0.1, 0.15) is 5.82 Å². The number of hydrogen-bond donors (Lipinski definition) is 1. The Hall–Kier alpha value is -4.44. The van der Waals surface area contributed by atoms with Crippen LogP contribution < -0.4 is 14.8 Å². The van der Waals surface area contributed by atoms with Gasteiger partial charge in [0.05, 0.1) is 25.3 Å². The first-order chi connectivity index (χ1) is 19.4. The summed E-state index contributed by atoms with van der Waals surface area (Å²) in [6.45, 7) is 7.89. The van der Waals surface area contributed by atoms with Gasteiger partial charge >= 0.3 is 0 Å². The van der Waals surface area contributed by atoms with Gasteiger partial charge in [0.15, 0.2) is 17.3 Å². The minimum atomic E-state index is -0.293. The Balaban J connectivity index is 1.25. The number of anilines is 1. The van der Waals surface area contributed by atoms with Crippen molar-refractivity contribution in [3.05, 3.63) is 77.2 Å². The van der Waals surface area contributed by atoms with Crippen molar-refractivity contribution in [2.75, 3.05) is 52.3 Å². The summed E-state index contributed by atoms with van der Waals surface area (Å²) < 4.78 is 12.6. The van der Waals surface area contributed by atoms with E-state index in [1.807, 2.05) is 59.7 Å². The van der Waals surface area contributed by atoms with Gasteiger partial charge < -0.3 is 24.3 Å². The number of aryl methyl sites for hydroxylation is 2. The predicted octanol–water partition coefficient (Wildman–Crippen LogP) is 3.78. The molecule has 1 aliphatic heterocycles. The van der Waals surface area contributed by atoms with Crippen LogP contribution in [0.3, 0.4) is 0 Å².